The van der Waals surface area contributed by atoms with E-state index in [9.17, 15) is 0 Å². The molecule has 0 radical (unpaired) electrons. The van der Waals surface area contributed by atoms with E-state index in [0.29, 0.717) is 6.54 Å². The molecule has 2 N–H and O–H groups in total. The zero-order chi connectivity index (χ0) is 15.1. The number of aryl methyl sites for hydroxylation is 1. The second-order valence-corrected chi connectivity index (χ2v) is 4.64. The van der Waals surface area contributed by atoms with Crippen LogP contribution in [-0.2, 0) is 13.0 Å². The second-order valence-electron chi connectivity index (χ2n) is 4.64. The fraction of sp³-hybridized carbons (Fsp3) is 0.375. The standard InChI is InChI=1S/C16H22N4O/c1-4-14-19-15(17-5-2)10-16(20-14)18-11-12-7-6-8-13(9-12)21-3/h6-10H,4-5,11H2,1-3H3,(H2,17,18,19,20). The van der Waals surface area contributed by atoms with Gasteiger partial charge in [-0.05, 0) is 24.6 Å². The lowest BCUT2D eigenvalue weighted by Gasteiger charge is -2.10. The summed E-state index contributed by atoms with van der Waals surface area (Å²) >= 11 is 0. The van der Waals surface area contributed by atoms with Crippen LogP contribution in [0.2, 0.25) is 0 Å². The second kappa shape index (κ2) is 7.47. The van der Waals surface area contributed by atoms with E-state index in [1.165, 1.54) is 0 Å². The van der Waals surface area contributed by atoms with Crippen molar-refractivity contribution in [1.29, 1.82) is 0 Å². The number of hydrogen-bond acceptors (Lipinski definition) is 5. The number of methoxy groups -OCH3 is 1. The first-order chi connectivity index (χ1) is 10.2. The highest BCUT2D eigenvalue weighted by Crippen LogP contribution is 2.16. The maximum absolute atomic E-state index is 5.23. The van der Waals surface area contributed by atoms with E-state index >= 15 is 0 Å². The average Bonchev–Trinajstić information content (AvgIpc) is 2.53. The summed E-state index contributed by atoms with van der Waals surface area (Å²) in [5.41, 5.74) is 1.15. The van der Waals surface area contributed by atoms with Gasteiger partial charge in [0.15, 0.2) is 0 Å². The van der Waals surface area contributed by atoms with Gasteiger partial charge in [0.1, 0.15) is 23.2 Å². The van der Waals surface area contributed by atoms with E-state index < -0.39 is 0 Å². The van der Waals surface area contributed by atoms with Gasteiger partial charge in [-0.1, -0.05) is 19.1 Å². The minimum Gasteiger partial charge on any atom is -0.497 e. The van der Waals surface area contributed by atoms with Gasteiger partial charge in [-0.2, -0.15) is 0 Å². The predicted molar refractivity (Wildman–Crippen MR) is 85.9 cm³/mol. The molecule has 0 saturated heterocycles. The number of nitrogens with one attached hydrogen (secondary N) is 2. The van der Waals surface area contributed by atoms with Crippen LogP contribution in [-0.4, -0.2) is 23.6 Å². The zero-order valence-electron chi connectivity index (χ0n) is 12.8. The van der Waals surface area contributed by atoms with Crippen molar-refractivity contribution in [3.05, 3.63) is 41.7 Å². The molecule has 1 heterocycles. The predicted octanol–water partition coefficient (Wildman–Crippen LogP) is 3.09. The molecule has 0 atom stereocenters. The summed E-state index contributed by atoms with van der Waals surface area (Å²) in [6.07, 6.45) is 0.813. The third kappa shape index (κ3) is 4.34. The van der Waals surface area contributed by atoms with Gasteiger partial charge in [-0.15, -0.1) is 0 Å². The smallest absolute Gasteiger partial charge is 0.132 e. The van der Waals surface area contributed by atoms with Gasteiger partial charge < -0.3 is 15.4 Å². The Morgan fingerprint density at radius 1 is 1.05 bits per heavy atom. The monoisotopic (exact) mass is 286 g/mol. The molecule has 0 aliphatic carbocycles. The molecule has 5 heteroatoms. The van der Waals surface area contributed by atoms with E-state index in [4.69, 9.17) is 4.74 Å². The molecule has 5 nitrogen and oxygen atoms in total. The molecule has 0 aliphatic rings. The molecule has 2 rings (SSSR count). The lowest BCUT2D eigenvalue weighted by Crippen LogP contribution is -2.07. The lowest BCUT2D eigenvalue weighted by atomic mass is 10.2. The normalized spacial score (nSPS) is 10.2. The summed E-state index contributed by atoms with van der Waals surface area (Å²) in [5.74, 6) is 3.39. The van der Waals surface area contributed by atoms with Crippen LogP contribution in [0.1, 0.15) is 25.2 Å². The number of benzene rings is 1. The molecular formula is C16H22N4O. The Balaban J connectivity index is 2.09. The third-order valence-electron chi connectivity index (χ3n) is 3.05. The highest BCUT2D eigenvalue weighted by Gasteiger charge is 2.03. The number of rotatable bonds is 7. The molecule has 0 aliphatic heterocycles. The van der Waals surface area contributed by atoms with Crippen molar-refractivity contribution in [2.75, 3.05) is 24.3 Å². The maximum atomic E-state index is 5.23. The highest BCUT2D eigenvalue weighted by molar-refractivity contribution is 5.48. The molecular weight excluding hydrogens is 264 g/mol. The van der Waals surface area contributed by atoms with Crippen LogP contribution in [0.25, 0.3) is 0 Å². The van der Waals surface area contributed by atoms with Crippen LogP contribution in [0.4, 0.5) is 11.6 Å². The number of ether oxygens (including phenoxy) is 1. The van der Waals surface area contributed by atoms with Gasteiger partial charge in [-0.25, -0.2) is 9.97 Å². The molecule has 2 aromatic rings. The number of nitrogens with zero attached hydrogens (tertiary/aromatic N) is 2. The van der Waals surface area contributed by atoms with Crippen LogP contribution >= 0.6 is 0 Å². The van der Waals surface area contributed by atoms with E-state index in [1.54, 1.807) is 7.11 Å². The van der Waals surface area contributed by atoms with Crippen molar-refractivity contribution in [2.24, 2.45) is 0 Å². The first-order valence-corrected chi connectivity index (χ1v) is 7.23. The summed E-state index contributed by atoms with van der Waals surface area (Å²) in [6, 6.07) is 9.93. The molecule has 112 valence electrons. The Hall–Kier alpha value is -2.30. The van der Waals surface area contributed by atoms with E-state index in [1.807, 2.05) is 24.3 Å². The highest BCUT2D eigenvalue weighted by atomic mass is 16.5. The zero-order valence-corrected chi connectivity index (χ0v) is 12.8. The Kier molecular flexibility index (Phi) is 5.37. The summed E-state index contributed by atoms with van der Waals surface area (Å²) in [7, 11) is 1.67. The van der Waals surface area contributed by atoms with Gasteiger partial charge >= 0.3 is 0 Å². The largest absolute Gasteiger partial charge is 0.497 e. The summed E-state index contributed by atoms with van der Waals surface area (Å²) in [5, 5.41) is 6.57. The SMILES string of the molecule is CCNc1cc(NCc2cccc(OC)c2)nc(CC)n1. The minimum absolute atomic E-state index is 0.697. The van der Waals surface area contributed by atoms with Crippen molar-refractivity contribution in [1.82, 2.24) is 9.97 Å². The van der Waals surface area contributed by atoms with E-state index in [-0.39, 0.29) is 0 Å². The summed E-state index contributed by atoms with van der Waals surface area (Å²) in [4.78, 5) is 8.94. The van der Waals surface area contributed by atoms with Gasteiger partial charge in [0.2, 0.25) is 0 Å². The lowest BCUT2D eigenvalue weighted by molar-refractivity contribution is 0.414. The third-order valence-corrected chi connectivity index (χ3v) is 3.05. The molecule has 0 unspecified atom stereocenters. The van der Waals surface area contributed by atoms with Crippen LogP contribution in [0.3, 0.4) is 0 Å². The van der Waals surface area contributed by atoms with Gasteiger partial charge in [0.05, 0.1) is 7.11 Å². The average molecular weight is 286 g/mol. The molecule has 1 aromatic carbocycles. The quantitative estimate of drug-likeness (QED) is 0.819. The van der Waals surface area contributed by atoms with Gasteiger partial charge in [0.25, 0.3) is 0 Å². The first-order valence-electron chi connectivity index (χ1n) is 7.23. The molecule has 0 fully saturated rings. The Labute approximate surface area is 125 Å². The minimum atomic E-state index is 0.697. The molecule has 21 heavy (non-hydrogen) atoms. The topological polar surface area (TPSA) is 59.1 Å². The van der Waals surface area contributed by atoms with Crippen LogP contribution < -0.4 is 15.4 Å². The number of aromatic nitrogens is 2. The number of anilines is 2. The van der Waals surface area contributed by atoms with Crippen LogP contribution in [0.5, 0.6) is 5.75 Å². The molecule has 0 spiro atoms. The van der Waals surface area contributed by atoms with Crippen molar-refractivity contribution in [3.63, 3.8) is 0 Å². The van der Waals surface area contributed by atoms with Crippen molar-refractivity contribution in [3.8, 4) is 5.75 Å². The van der Waals surface area contributed by atoms with Gasteiger partial charge in [0, 0.05) is 25.6 Å². The van der Waals surface area contributed by atoms with Crippen LogP contribution in [0.15, 0.2) is 30.3 Å². The Bertz CT molecular complexity index is 586. The van der Waals surface area contributed by atoms with Crippen molar-refractivity contribution in [2.45, 2.75) is 26.8 Å². The fourth-order valence-corrected chi connectivity index (χ4v) is 1.99. The van der Waals surface area contributed by atoms with E-state index in [0.717, 1.165) is 41.7 Å². The van der Waals surface area contributed by atoms with Crippen molar-refractivity contribution < 1.29 is 4.74 Å². The van der Waals surface area contributed by atoms with Crippen LogP contribution in [0, 0.1) is 0 Å². The molecule has 0 amide bonds. The van der Waals surface area contributed by atoms with E-state index in [2.05, 4.69) is 40.5 Å². The maximum Gasteiger partial charge on any atom is 0.132 e. The molecule has 0 saturated carbocycles. The summed E-state index contributed by atoms with van der Waals surface area (Å²) < 4.78 is 5.23. The molecule has 0 bridgehead atoms. The Morgan fingerprint density at radius 2 is 1.81 bits per heavy atom. The fourth-order valence-electron chi connectivity index (χ4n) is 1.99. The van der Waals surface area contributed by atoms with Crippen molar-refractivity contribution >= 4 is 11.6 Å². The first kappa shape index (κ1) is 15.1. The molecule has 1 aromatic heterocycles. The van der Waals surface area contributed by atoms with Gasteiger partial charge in [-0.3, -0.25) is 0 Å². The Morgan fingerprint density at radius 3 is 2.48 bits per heavy atom. The summed E-state index contributed by atoms with van der Waals surface area (Å²) in [6.45, 7) is 5.65. The number of hydrogen-bond donors (Lipinski definition) is 2.